The fourth-order valence-corrected chi connectivity index (χ4v) is 2.97. The molecule has 1 atom stereocenters. The van der Waals surface area contributed by atoms with E-state index >= 15 is 0 Å². The second-order valence-corrected chi connectivity index (χ2v) is 7.48. The quantitative estimate of drug-likeness (QED) is 0.735. The van der Waals surface area contributed by atoms with Crippen molar-refractivity contribution in [3.63, 3.8) is 0 Å². The Labute approximate surface area is 164 Å². The molecule has 3 N–H and O–H groups in total. The standard InChI is InChI=1S/C19H25ClN4O3/c1-12(2)10-19(3,21)11-27-16-6-5-13(9-14(16)20)15-7-8-22-17(23-15)24-18(25)26-4/h5-9,12H,10-11,21H2,1-4H3,(H,22,23,24,25). The van der Waals surface area contributed by atoms with Crippen molar-refractivity contribution < 1.29 is 14.3 Å². The van der Waals surface area contributed by atoms with Crippen molar-refractivity contribution in [3.05, 3.63) is 35.5 Å². The number of aromatic nitrogens is 2. The van der Waals surface area contributed by atoms with Crippen molar-refractivity contribution >= 4 is 23.6 Å². The molecular weight excluding hydrogens is 368 g/mol. The van der Waals surface area contributed by atoms with E-state index in [2.05, 4.69) is 33.9 Å². The number of methoxy groups -OCH3 is 1. The molecule has 1 aromatic carbocycles. The van der Waals surface area contributed by atoms with Crippen LogP contribution in [0.5, 0.6) is 5.75 Å². The van der Waals surface area contributed by atoms with E-state index in [1.807, 2.05) is 13.0 Å². The highest BCUT2D eigenvalue weighted by molar-refractivity contribution is 6.32. The molecule has 0 spiro atoms. The average molecular weight is 393 g/mol. The summed E-state index contributed by atoms with van der Waals surface area (Å²) in [7, 11) is 1.27. The van der Waals surface area contributed by atoms with Crippen molar-refractivity contribution in [2.75, 3.05) is 19.0 Å². The summed E-state index contributed by atoms with van der Waals surface area (Å²) in [6.45, 7) is 6.58. The van der Waals surface area contributed by atoms with Gasteiger partial charge in [0.25, 0.3) is 0 Å². The summed E-state index contributed by atoms with van der Waals surface area (Å²) in [6, 6.07) is 7.08. The van der Waals surface area contributed by atoms with Crippen molar-refractivity contribution in [1.29, 1.82) is 0 Å². The number of ether oxygens (including phenoxy) is 2. The summed E-state index contributed by atoms with van der Waals surface area (Å²) < 4.78 is 10.4. The molecular formula is C19H25ClN4O3. The number of amides is 1. The van der Waals surface area contributed by atoms with Gasteiger partial charge in [-0.25, -0.2) is 14.8 Å². The minimum absolute atomic E-state index is 0.142. The van der Waals surface area contributed by atoms with Crippen LogP contribution in [-0.4, -0.2) is 35.3 Å². The Morgan fingerprint density at radius 3 is 2.74 bits per heavy atom. The van der Waals surface area contributed by atoms with E-state index in [4.69, 9.17) is 22.1 Å². The molecule has 27 heavy (non-hydrogen) atoms. The molecule has 2 rings (SSSR count). The molecule has 0 radical (unpaired) electrons. The van der Waals surface area contributed by atoms with Gasteiger partial charge in [-0.1, -0.05) is 25.4 Å². The van der Waals surface area contributed by atoms with Crippen LogP contribution < -0.4 is 15.8 Å². The van der Waals surface area contributed by atoms with Crippen LogP contribution in [0.25, 0.3) is 11.3 Å². The van der Waals surface area contributed by atoms with Gasteiger partial charge in [-0.05, 0) is 43.5 Å². The van der Waals surface area contributed by atoms with Crippen LogP contribution in [0, 0.1) is 5.92 Å². The first kappa shape index (κ1) is 20.9. The molecule has 2 aromatic rings. The minimum Gasteiger partial charge on any atom is -0.490 e. The number of hydrogen-bond donors (Lipinski definition) is 2. The number of rotatable bonds is 7. The number of halogens is 1. The van der Waals surface area contributed by atoms with E-state index in [1.165, 1.54) is 13.3 Å². The van der Waals surface area contributed by atoms with E-state index in [0.717, 1.165) is 12.0 Å². The number of anilines is 1. The Balaban J connectivity index is 2.12. The molecule has 0 aliphatic heterocycles. The zero-order valence-corrected chi connectivity index (χ0v) is 16.7. The molecule has 0 fully saturated rings. The highest BCUT2D eigenvalue weighted by Gasteiger charge is 2.21. The lowest BCUT2D eigenvalue weighted by Crippen LogP contribution is -2.43. The zero-order valence-electron chi connectivity index (χ0n) is 16.0. The number of nitrogens with zero attached hydrogens (tertiary/aromatic N) is 2. The van der Waals surface area contributed by atoms with Gasteiger partial charge in [0.1, 0.15) is 12.4 Å². The Hall–Kier alpha value is -2.38. The topological polar surface area (TPSA) is 99.4 Å². The third-order valence-corrected chi connectivity index (χ3v) is 4.01. The number of hydrogen-bond acceptors (Lipinski definition) is 6. The highest BCUT2D eigenvalue weighted by Crippen LogP contribution is 2.30. The second kappa shape index (κ2) is 9.01. The van der Waals surface area contributed by atoms with Crippen LogP contribution in [0.3, 0.4) is 0 Å². The van der Waals surface area contributed by atoms with Gasteiger partial charge in [0.15, 0.2) is 0 Å². The normalized spacial score (nSPS) is 13.1. The summed E-state index contributed by atoms with van der Waals surface area (Å²) >= 11 is 6.36. The Morgan fingerprint density at radius 1 is 1.37 bits per heavy atom. The SMILES string of the molecule is COC(=O)Nc1nccc(-c2ccc(OCC(C)(N)CC(C)C)c(Cl)c2)n1. The van der Waals surface area contributed by atoms with Crippen LogP contribution in [0.15, 0.2) is 30.5 Å². The maximum atomic E-state index is 11.3. The number of nitrogens with one attached hydrogen (secondary N) is 1. The molecule has 1 amide bonds. The molecule has 1 aromatic heterocycles. The largest absolute Gasteiger partial charge is 0.490 e. The zero-order chi connectivity index (χ0) is 20.0. The third-order valence-electron chi connectivity index (χ3n) is 3.71. The average Bonchev–Trinajstić information content (AvgIpc) is 2.59. The summed E-state index contributed by atoms with van der Waals surface area (Å²) in [4.78, 5) is 19.5. The van der Waals surface area contributed by atoms with E-state index in [-0.39, 0.29) is 5.95 Å². The monoisotopic (exact) mass is 392 g/mol. The Morgan fingerprint density at radius 2 is 2.11 bits per heavy atom. The number of carbonyl (C=O) groups excluding carboxylic acids is 1. The molecule has 0 aliphatic rings. The first-order valence-electron chi connectivity index (χ1n) is 8.60. The van der Waals surface area contributed by atoms with Gasteiger partial charge in [0.05, 0.1) is 17.8 Å². The van der Waals surface area contributed by atoms with Crippen molar-refractivity contribution in [2.24, 2.45) is 11.7 Å². The van der Waals surface area contributed by atoms with Gasteiger partial charge in [0.2, 0.25) is 5.95 Å². The lowest BCUT2D eigenvalue weighted by atomic mass is 9.93. The fraction of sp³-hybridized carbons (Fsp3) is 0.421. The van der Waals surface area contributed by atoms with Crippen molar-refractivity contribution in [2.45, 2.75) is 32.7 Å². The summed E-state index contributed by atoms with van der Waals surface area (Å²) in [5.41, 5.74) is 7.21. The molecule has 7 nitrogen and oxygen atoms in total. The number of nitrogens with two attached hydrogens (primary N) is 1. The van der Waals surface area contributed by atoms with Crippen LogP contribution in [0.2, 0.25) is 5.02 Å². The highest BCUT2D eigenvalue weighted by atomic mass is 35.5. The molecule has 0 aliphatic carbocycles. The molecule has 0 bridgehead atoms. The fourth-order valence-electron chi connectivity index (χ4n) is 2.73. The summed E-state index contributed by atoms with van der Waals surface area (Å²) in [5.74, 6) is 1.18. The first-order valence-corrected chi connectivity index (χ1v) is 8.97. The van der Waals surface area contributed by atoms with E-state index < -0.39 is 11.6 Å². The second-order valence-electron chi connectivity index (χ2n) is 7.07. The molecule has 1 heterocycles. The molecule has 0 saturated carbocycles. The Kier molecular flexibility index (Phi) is 6.98. The van der Waals surface area contributed by atoms with Crippen molar-refractivity contribution in [3.8, 4) is 17.0 Å². The Bertz CT molecular complexity index is 796. The van der Waals surface area contributed by atoms with Gasteiger partial charge in [-0.3, -0.25) is 5.32 Å². The molecule has 8 heteroatoms. The van der Waals surface area contributed by atoms with Gasteiger partial charge in [-0.2, -0.15) is 0 Å². The molecule has 0 saturated heterocycles. The summed E-state index contributed by atoms with van der Waals surface area (Å²) in [5, 5.41) is 2.88. The van der Waals surface area contributed by atoms with Crippen LogP contribution >= 0.6 is 11.6 Å². The maximum Gasteiger partial charge on any atom is 0.413 e. The maximum absolute atomic E-state index is 11.3. The molecule has 1 unspecified atom stereocenters. The van der Waals surface area contributed by atoms with Gasteiger partial charge >= 0.3 is 6.09 Å². The van der Waals surface area contributed by atoms with Crippen LogP contribution in [-0.2, 0) is 4.74 Å². The third kappa shape index (κ3) is 6.37. The predicted molar refractivity (Wildman–Crippen MR) is 106 cm³/mol. The smallest absolute Gasteiger partial charge is 0.413 e. The lowest BCUT2D eigenvalue weighted by molar-refractivity contribution is 0.186. The van der Waals surface area contributed by atoms with Gasteiger partial charge in [-0.15, -0.1) is 0 Å². The molecule has 146 valence electrons. The lowest BCUT2D eigenvalue weighted by Gasteiger charge is -2.26. The van der Waals surface area contributed by atoms with Crippen molar-refractivity contribution in [1.82, 2.24) is 9.97 Å². The minimum atomic E-state index is -0.639. The summed E-state index contributed by atoms with van der Waals surface area (Å²) in [6.07, 6.45) is 1.75. The van der Waals surface area contributed by atoms with Crippen LogP contribution in [0.4, 0.5) is 10.7 Å². The first-order chi connectivity index (χ1) is 12.7. The van der Waals surface area contributed by atoms with E-state index in [1.54, 1.807) is 18.2 Å². The van der Waals surface area contributed by atoms with E-state index in [0.29, 0.717) is 29.0 Å². The van der Waals surface area contributed by atoms with Crippen LogP contribution in [0.1, 0.15) is 27.2 Å². The number of benzene rings is 1. The van der Waals surface area contributed by atoms with Gasteiger partial charge < -0.3 is 15.2 Å². The van der Waals surface area contributed by atoms with Gasteiger partial charge in [0, 0.05) is 17.3 Å². The number of carbonyl (C=O) groups is 1. The van der Waals surface area contributed by atoms with E-state index in [9.17, 15) is 4.79 Å². The predicted octanol–water partition coefficient (Wildman–Crippen LogP) is 4.12.